The molecule has 2 unspecified atom stereocenters. The molecule has 3 nitrogen and oxygen atoms in total. The summed E-state index contributed by atoms with van der Waals surface area (Å²) in [4.78, 5) is 3.85. The van der Waals surface area contributed by atoms with E-state index in [1.807, 2.05) is 18.3 Å². The van der Waals surface area contributed by atoms with Gasteiger partial charge in [0.05, 0.1) is 12.6 Å². The first kappa shape index (κ1) is 13.9. The number of hydrogen-bond donors (Lipinski definition) is 1. The highest BCUT2D eigenvalue weighted by Gasteiger charge is 2.26. The van der Waals surface area contributed by atoms with E-state index in [2.05, 4.69) is 45.3 Å². The number of aliphatic hydroxyl groups is 1. The average molecular weight is 290 g/mol. The highest BCUT2D eigenvalue weighted by molar-refractivity contribution is 7.09. The van der Waals surface area contributed by atoms with E-state index < -0.39 is 0 Å². The second kappa shape index (κ2) is 6.12. The van der Waals surface area contributed by atoms with Gasteiger partial charge in [-0.2, -0.15) is 0 Å². The lowest BCUT2D eigenvalue weighted by Crippen LogP contribution is -2.25. The van der Waals surface area contributed by atoms with Gasteiger partial charge in [-0.3, -0.25) is 4.90 Å². The van der Waals surface area contributed by atoms with Crippen LogP contribution in [0.25, 0.3) is 0 Å². The van der Waals surface area contributed by atoms with Crippen LogP contribution in [0.15, 0.2) is 35.8 Å². The Morgan fingerprint density at radius 1 is 1.35 bits per heavy atom. The Morgan fingerprint density at radius 2 is 2.25 bits per heavy atom. The van der Waals surface area contributed by atoms with Crippen molar-refractivity contribution in [3.8, 4) is 0 Å². The molecule has 2 aromatic heterocycles. The van der Waals surface area contributed by atoms with E-state index in [4.69, 9.17) is 0 Å². The van der Waals surface area contributed by atoms with Crippen molar-refractivity contribution in [1.82, 2.24) is 9.47 Å². The molecule has 0 amide bonds. The molecular formula is C16H22N2OS. The lowest BCUT2D eigenvalue weighted by atomic mass is 10.0. The topological polar surface area (TPSA) is 28.4 Å². The number of likely N-dealkylation sites (tertiary alicyclic amines) is 1. The molecule has 4 heteroatoms. The Labute approximate surface area is 124 Å². The molecular weight excluding hydrogens is 268 g/mol. The highest BCUT2D eigenvalue weighted by atomic mass is 32.1. The molecule has 2 aromatic rings. The van der Waals surface area contributed by atoms with Crippen molar-refractivity contribution in [1.29, 1.82) is 0 Å². The average Bonchev–Trinajstić information content (AvgIpc) is 3.13. The molecule has 3 rings (SSSR count). The molecule has 0 bridgehead atoms. The first-order chi connectivity index (χ1) is 9.72. The lowest BCUT2D eigenvalue weighted by molar-refractivity contribution is 0.127. The zero-order chi connectivity index (χ0) is 13.9. The van der Waals surface area contributed by atoms with Crippen LogP contribution in [0.1, 0.15) is 23.9 Å². The van der Waals surface area contributed by atoms with Gasteiger partial charge in [0.1, 0.15) is 0 Å². The van der Waals surface area contributed by atoms with Crippen LogP contribution in [-0.2, 0) is 13.1 Å². The highest BCUT2D eigenvalue weighted by Crippen LogP contribution is 2.22. The van der Waals surface area contributed by atoms with Crippen molar-refractivity contribution in [2.24, 2.45) is 5.92 Å². The predicted octanol–water partition coefficient (Wildman–Crippen LogP) is 2.80. The van der Waals surface area contributed by atoms with Crippen molar-refractivity contribution in [2.75, 3.05) is 13.1 Å². The predicted molar refractivity (Wildman–Crippen MR) is 82.9 cm³/mol. The van der Waals surface area contributed by atoms with E-state index >= 15 is 0 Å². The number of nitrogens with zero attached hydrogens (tertiary/aromatic N) is 2. The Balaban J connectivity index is 1.62. The van der Waals surface area contributed by atoms with Gasteiger partial charge in [-0.1, -0.05) is 6.07 Å². The summed E-state index contributed by atoms with van der Waals surface area (Å²) < 4.78 is 2.33. The molecule has 1 fully saturated rings. The number of aliphatic hydroxyl groups excluding tert-OH is 1. The number of rotatable bonds is 5. The summed E-state index contributed by atoms with van der Waals surface area (Å²) in [5.41, 5.74) is 1.37. The van der Waals surface area contributed by atoms with Gasteiger partial charge in [-0.15, -0.1) is 11.3 Å². The molecule has 108 valence electrons. The second-order valence-electron chi connectivity index (χ2n) is 5.73. The summed E-state index contributed by atoms with van der Waals surface area (Å²) in [6.07, 6.45) is 3.10. The van der Waals surface area contributed by atoms with Crippen LogP contribution in [0.3, 0.4) is 0 Å². The van der Waals surface area contributed by atoms with E-state index in [0.717, 1.165) is 32.6 Å². The molecule has 0 spiro atoms. The standard InChI is InChI=1S/C16H22N2OS/c1-13(19)14-6-8-17(10-14)11-15-4-2-7-18(15)12-16-5-3-9-20-16/h2-5,7,9,13-14,19H,6,8,10-12H2,1H3. The third kappa shape index (κ3) is 3.14. The third-order valence-corrected chi connectivity index (χ3v) is 5.07. The van der Waals surface area contributed by atoms with Crippen molar-refractivity contribution < 1.29 is 5.11 Å². The van der Waals surface area contributed by atoms with Crippen molar-refractivity contribution in [3.05, 3.63) is 46.4 Å². The van der Waals surface area contributed by atoms with Gasteiger partial charge in [0.25, 0.3) is 0 Å². The van der Waals surface area contributed by atoms with Gasteiger partial charge in [-0.05, 0) is 49.4 Å². The molecule has 3 heterocycles. The molecule has 20 heavy (non-hydrogen) atoms. The van der Waals surface area contributed by atoms with Gasteiger partial charge in [0.2, 0.25) is 0 Å². The largest absolute Gasteiger partial charge is 0.393 e. The minimum absolute atomic E-state index is 0.182. The minimum atomic E-state index is -0.182. The van der Waals surface area contributed by atoms with Crippen LogP contribution >= 0.6 is 11.3 Å². The van der Waals surface area contributed by atoms with E-state index in [1.165, 1.54) is 10.6 Å². The van der Waals surface area contributed by atoms with Crippen molar-refractivity contribution >= 4 is 11.3 Å². The van der Waals surface area contributed by atoms with Crippen LogP contribution in [0, 0.1) is 5.92 Å². The van der Waals surface area contributed by atoms with Crippen LogP contribution in [-0.4, -0.2) is 33.8 Å². The minimum Gasteiger partial charge on any atom is -0.393 e. The Bertz CT molecular complexity index is 532. The fraction of sp³-hybridized carbons (Fsp3) is 0.500. The first-order valence-electron chi connectivity index (χ1n) is 7.29. The quantitative estimate of drug-likeness (QED) is 0.917. The summed E-state index contributed by atoms with van der Waals surface area (Å²) in [6.45, 7) is 5.98. The number of thiophene rings is 1. The van der Waals surface area contributed by atoms with Crippen molar-refractivity contribution in [3.63, 3.8) is 0 Å². The molecule has 0 saturated carbocycles. The Hall–Kier alpha value is -1.10. The maximum Gasteiger partial charge on any atom is 0.0566 e. The molecule has 0 aliphatic carbocycles. The molecule has 0 radical (unpaired) electrons. The van der Waals surface area contributed by atoms with Gasteiger partial charge < -0.3 is 9.67 Å². The van der Waals surface area contributed by atoms with Crippen LogP contribution in [0.5, 0.6) is 0 Å². The normalized spacial score (nSPS) is 21.4. The Morgan fingerprint density at radius 3 is 2.95 bits per heavy atom. The van der Waals surface area contributed by atoms with Gasteiger partial charge >= 0.3 is 0 Å². The van der Waals surface area contributed by atoms with E-state index in [-0.39, 0.29) is 6.10 Å². The molecule has 2 atom stereocenters. The summed E-state index contributed by atoms with van der Waals surface area (Å²) >= 11 is 1.81. The second-order valence-corrected chi connectivity index (χ2v) is 6.76. The van der Waals surface area contributed by atoms with Crippen LogP contribution in [0.4, 0.5) is 0 Å². The molecule has 1 saturated heterocycles. The zero-order valence-corrected chi connectivity index (χ0v) is 12.7. The summed E-state index contributed by atoms with van der Waals surface area (Å²) in [5.74, 6) is 0.440. The number of aromatic nitrogens is 1. The summed E-state index contributed by atoms with van der Waals surface area (Å²) in [5, 5.41) is 11.8. The molecule has 1 aliphatic heterocycles. The Kier molecular flexibility index (Phi) is 4.24. The van der Waals surface area contributed by atoms with E-state index in [0.29, 0.717) is 5.92 Å². The lowest BCUT2D eigenvalue weighted by Gasteiger charge is -2.18. The first-order valence-corrected chi connectivity index (χ1v) is 8.17. The number of hydrogen-bond acceptors (Lipinski definition) is 3. The fourth-order valence-corrected chi connectivity index (χ4v) is 3.65. The third-order valence-electron chi connectivity index (χ3n) is 4.21. The summed E-state index contributed by atoms with van der Waals surface area (Å²) in [6, 6.07) is 8.64. The molecule has 0 aromatic carbocycles. The van der Waals surface area contributed by atoms with Crippen molar-refractivity contribution in [2.45, 2.75) is 32.5 Å². The zero-order valence-electron chi connectivity index (χ0n) is 11.9. The molecule has 1 N–H and O–H groups in total. The van der Waals surface area contributed by atoms with Gasteiger partial charge in [0.15, 0.2) is 0 Å². The van der Waals surface area contributed by atoms with Crippen LogP contribution in [0.2, 0.25) is 0 Å². The van der Waals surface area contributed by atoms with Gasteiger partial charge in [-0.25, -0.2) is 0 Å². The van der Waals surface area contributed by atoms with E-state index in [1.54, 1.807) is 0 Å². The monoisotopic (exact) mass is 290 g/mol. The van der Waals surface area contributed by atoms with Crippen LogP contribution < -0.4 is 0 Å². The SMILES string of the molecule is CC(O)C1CCN(Cc2cccn2Cc2cccs2)C1. The van der Waals surface area contributed by atoms with Gasteiger partial charge in [0, 0.05) is 29.9 Å². The maximum atomic E-state index is 9.69. The molecule has 1 aliphatic rings. The fourth-order valence-electron chi connectivity index (χ4n) is 2.95. The smallest absolute Gasteiger partial charge is 0.0566 e. The summed E-state index contributed by atoms with van der Waals surface area (Å²) in [7, 11) is 0. The maximum absolute atomic E-state index is 9.69. The van der Waals surface area contributed by atoms with E-state index in [9.17, 15) is 5.11 Å².